The van der Waals surface area contributed by atoms with Gasteiger partial charge < -0.3 is 28.4 Å². The first kappa shape index (κ1) is 44.7. The monoisotopic (exact) mass is 902 g/mol. The molecule has 3 aliphatic heterocycles. The number of esters is 1. The first-order chi connectivity index (χ1) is 30.8. The number of carbonyl (C=O) groups is 1. The summed E-state index contributed by atoms with van der Waals surface area (Å²) in [6.45, 7) is 1.68. The minimum atomic E-state index is -4.68. The van der Waals surface area contributed by atoms with Crippen LogP contribution in [0.3, 0.4) is 0 Å². The van der Waals surface area contributed by atoms with E-state index in [0.717, 1.165) is 5.56 Å². The molecule has 0 aliphatic carbocycles. The molecule has 2 fully saturated rings. The Labute approximate surface area is 365 Å². The van der Waals surface area contributed by atoms with Gasteiger partial charge in [0.15, 0.2) is 0 Å². The van der Waals surface area contributed by atoms with Gasteiger partial charge in [-0.1, -0.05) is 54.6 Å². The highest BCUT2D eigenvalue weighted by Gasteiger charge is 2.48. The van der Waals surface area contributed by atoms with Crippen LogP contribution in [-0.4, -0.2) is 83.5 Å². The van der Waals surface area contributed by atoms with Gasteiger partial charge in [0.25, 0.3) is 11.1 Å². The number of aryl methyl sites for hydroxylation is 1. The lowest BCUT2D eigenvalue weighted by molar-refractivity contribution is -0.150. The molecule has 0 radical (unpaired) electrons. The van der Waals surface area contributed by atoms with E-state index >= 15 is 0 Å². The van der Waals surface area contributed by atoms with Gasteiger partial charge in [0.2, 0.25) is 0 Å². The number of aromatic amines is 2. The number of nitrogens with zero attached hydrogens (tertiary/aromatic N) is 2. The molecule has 0 spiro atoms. The maximum absolute atomic E-state index is 14.9. The number of carbonyl (C=O) groups excluding carboxylic acids is 1. The molecule has 0 amide bonds. The minimum Gasteiger partial charge on any atom is -0.497 e. The zero-order valence-corrected chi connectivity index (χ0v) is 36.2. The molecule has 2 saturated heterocycles. The average molecular weight is 903 g/mol. The lowest BCUT2D eigenvalue weighted by atomic mass is 9.80. The summed E-state index contributed by atoms with van der Waals surface area (Å²) >= 11 is 0. The Bertz CT molecular complexity index is 2710. The quantitative estimate of drug-likeness (QED) is 0.102. The molecule has 3 aliphatic rings. The van der Waals surface area contributed by atoms with E-state index in [-0.39, 0.29) is 43.6 Å². The predicted molar refractivity (Wildman–Crippen MR) is 226 cm³/mol. The van der Waals surface area contributed by atoms with Gasteiger partial charge in [0.1, 0.15) is 54.0 Å². The summed E-state index contributed by atoms with van der Waals surface area (Å²) in [4.78, 5) is 68.1. The van der Waals surface area contributed by atoms with Crippen LogP contribution < -0.4 is 32.0 Å². The number of hydrogen-bond donors (Lipinski definition) is 2. The summed E-state index contributed by atoms with van der Waals surface area (Å²) in [7, 11) is -1.55. The third kappa shape index (κ3) is 9.19. The second kappa shape index (κ2) is 18.7. The van der Waals surface area contributed by atoms with Gasteiger partial charge in [-0.05, 0) is 47.9 Å². The number of phosphoric ester groups is 1. The summed E-state index contributed by atoms with van der Waals surface area (Å²) in [5.41, 5.74) is -1.57. The van der Waals surface area contributed by atoms with E-state index in [4.69, 9.17) is 42.0 Å². The number of aromatic nitrogens is 4. The van der Waals surface area contributed by atoms with Crippen molar-refractivity contribution in [3.05, 3.63) is 161 Å². The van der Waals surface area contributed by atoms with Crippen LogP contribution in [0.2, 0.25) is 0 Å². The van der Waals surface area contributed by atoms with Crippen LogP contribution in [-0.2, 0) is 53.9 Å². The summed E-state index contributed by atoms with van der Waals surface area (Å²) in [5, 5.41) is 0. The van der Waals surface area contributed by atoms with Gasteiger partial charge in [-0.3, -0.25) is 47.1 Å². The molecule has 7 atom stereocenters. The van der Waals surface area contributed by atoms with Crippen LogP contribution >= 0.6 is 7.82 Å². The number of nitrogens with one attached hydrogen (secondary N) is 2. The van der Waals surface area contributed by atoms with E-state index < -0.39 is 85.4 Å². The van der Waals surface area contributed by atoms with Crippen molar-refractivity contribution in [3.8, 4) is 11.5 Å². The smallest absolute Gasteiger partial charge is 0.475 e. The SMILES string of the molecule is COc1ccc(C(OC[C@H]2O[C@@H](n3cc(C)c(=O)[nH]c3=O)C[C@@H]2OP2(=O)OCCc3cn(c(=O)[nH]c3=O)[C@H]3C[C@H](OC(C)=O)[C@@H](CO2)O3)(c2ccccc2)c2ccc(OC)cc2)cc1. The Hall–Kier alpha value is -5.92. The molecule has 3 aromatic carbocycles. The van der Waals surface area contributed by atoms with Crippen molar-refractivity contribution in [3.63, 3.8) is 0 Å². The van der Waals surface area contributed by atoms with E-state index in [0.29, 0.717) is 22.6 Å². The topological polar surface area (TPSA) is 227 Å². The van der Waals surface area contributed by atoms with Crippen molar-refractivity contribution >= 4 is 13.8 Å². The van der Waals surface area contributed by atoms with Crippen molar-refractivity contribution in [2.24, 2.45) is 0 Å². The molecule has 8 rings (SSSR count). The van der Waals surface area contributed by atoms with E-state index in [1.165, 1.54) is 35.4 Å². The molecular weight excluding hydrogens is 855 g/mol. The number of methoxy groups -OCH3 is 2. The van der Waals surface area contributed by atoms with E-state index in [1.807, 2.05) is 78.9 Å². The first-order valence-electron chi connectivity index (χ1n) is 20.5. The molecule has 0 saturated carbocycles. The van der Waals surface area contributed by atoms with Gasteiger partial charge in [0.05, 0.1) is 34.0 Å². The highest BCUT2D eigenvalue weighted by atomic mass is 31.2. The summed E-state index contributed by atoms with van der Waals surface area (Å²) in [5.74, 6) is 0.598. The Balaban J connectivity index is 1.18. The Morgan fingerprint density at radius 1 is 0.766 bits per heavy atom. The Morgan fingerprint density at radius 3 is 1.97 bits per heavy atom. The lowest BCUT2D eigenvalue weighted by Crippen LogP contribution is -2.38. The number of rotatable bonds is 12. The summed E-state index contributed by atoms with van der Waals surface area (Å²) < 4.78 is 71.8. The molecular formula is C44H47N4O15P. The number of benzene rings is 3. The fourth-order valence-electron chi connectivity index (χ4n) is 8.19. The maximum atomic E-state index is 14.9. The number of fused-ring (bicyclic) bond motifs is 5. The molecule has 338 valence electrons. The lowest BCUT2D eigenvalue weighted by Gasteiger charge is -2.37. The van der Waals surface area contributed by atoms with Gasteiger partial charge in [-0.25, -0.2) is 14.2 Å². The van der Waals surface area contributed by atoms with Crippen molar-refractivity contribution in [2.45, 2.75) is 75.6 Å². The van der Waals surface area contributed by atoms with Crippen LogP contribution in [0, 0.1) is 6.92 Å². The van der Waals surface area contributed by atoms with E-state index in [2.05, 4.69) is 9.97 Å². The maximum Gasteiger partial charge on any atom is 0.475 e. The van der Waals surface area contributed by atoms with Crippen LogP contribution in [0.4, 0.5) is 0 Å². The Morgan fingerprint density at radius 2 is 1.34 bits per heavy atom. The van der Waals surface area contributed by atoms with Crippen LogP contribution in [0.25, 0.3) is 0 Å². The third-order valence-corrected chi connectivity index (χ3v) is 12.9. The largest absolute Gasteiger partial charge is 0.497 e. The predicted octanol–water partition coefficient (Wildman–Crippen LogP) is 4.01. The third-order valence-electron chi connectivity index (χ3n) is 11.4. The fraction of sp³-hybridized carbons (Fsp3) is 0.386. The summed E-state index contributed by atoms with van der Waals surface area (Å²) in [6.07, 6.45) is -3.82. The van der Waals surface area contributed by atoms with Gasteiger partial charge in [0, 0.05) is 49.7 Å². The van der Waals surface area contributed by atoms with E-state index in [9.17, 15) is 28.5 Å². The number of hydrogen-bond acceptors (Lipinski definition) is 15. The fourth-order valence-corrected chi connectivity index (χ4v) is 9.58. The van der Waals surface area contributed by atoms with Gasteiger partial charge >= 0.3 is 25.2 Å². The van der Waals surface area contributed by atoms with E-state index in [1.54, 1.807) is 14.2 Å². The zero-order chi connectivity index (χ0) is 45.2. The molecule has 20 heteroatoms. The second-order valence-electron chi connectivity index (χ2n) is 15.5. The minimum absolute atomic E-state index is 0.0153. The van der Waals surface area contributed by atoms with Gasteiger partial charge in [-0.15, -0.1) is 0 Å². The van der Waals surface area contributed by atoms with Crippen LogP contribution in [0.5, 0.6) is 11.5 Å². The van der Waals surface area contributed by atoms with Crippen molar-refractivity contribution in [2.75, 3.05) is 34.0 Å². The second-order valence-corrected chi connectivity index (χ2v) is 17.1. The van der Waals surface area contributed by atoms with Crippen molar-refractivity contribution < 1.29 is 51.4 Å². The number of phosphoric acid groups is 1. The number of H-pyrrole nitrogens is 2. The Kier molecular flexibility index (Phi) is 13.0. The normalized spacial score (nSPS) is 24.6. The van der Waals surface area contributed by atoms with Crippen LogP contribution in [0.1, 0.15) is 60.0 Å². The molecule has 1 unspecified atom stereocenters. The standard InChI is InChI=1S/C44H47N4O15P/c1-26-22-47(42(52)45-40(26)50)39-21-35(63-64(54)58-19-18-28-23-48(43(53)46-41(28)51)38-20-34(60-27(2)49)37(62-38)25-59-64)36(61-39)24-57-44(29-8-6-5-7-9-29,30-10-14-32(55-3)15-11-30)31-12-16-33(56-4)17-13-31/h5-17,22-23,34-39H,18-21,24-25H2,1-4H3,(H,45,50,52)(H,46,51,53)/t34-,35-,36+,37+,38+,39+,64?/m0/s1. The van der Waals surface area contributed by atoms with Crippen molar-refractivity contribution in [1.82, 2.24) is 19.1 Å². The number of ether oxygens (including phenoxy) is 6. The molecule has 2 aromatic heterocycles. The highest BCUT2D eigenvalue weighted by Crippen LogP contribution is 2.54. The van der Waals surface area contributed by atoms with Crippen molar-refractivity contribution in [1.29, 1.82) is 0 Å². The molecule has 5 heterocycles. The highest BCUT2D eigenvalue weighted by molar-refractivity contribution is 7.48. The van der Waals surface area contributed by atoms with Gasteiger partial charge in [-0.2, -0.15) is 0 Å². The molecule has 5 aromatic rings. The molecule has 2 N–H and O–H groups in total. The first-order valence-corrected chi connectivity index (χ1v) is 22.0. The molecule has 4 bridgehead atoms. The average Bonchev–Trinajstić information content (AvgIpc) is 3.88. The summed E-state index contributed by atoms with van der Waals surface area (Å²) in [6, 6.07) is 24.3. The van der Waals surface area contributed by atoms with Crippen LogP contribution in [0.15, 0.2) is 110 Å². The molecule has 19 nitrogen and oxygen atoms in total. The molecule has 64 heavy (non-hydrogen) atoms. The zero-order valence-electron chi connectivity index (χ0n) is 35.3.